The maximum Gasteiger partial charge on any atom is 0.540 e. The Kier molecular flexibility index (Phi) is 4.42. The van der Waals surface area contributed by atoms with Crippen molar-refractivity contribution in [2.45, 2.75) is 26.2 Å². The fourth-order valence-electron chi connectivity index (χ4n) is 3.04. The van der Waals surface area contributed by atoms with Gasteiger partial charge in [-0.05, 0) is 17.7 Å². The van der Waals surface area contributed by atoms with Gasteiger partial charge in [0.05, 0.1) is 12.0 Å². The van der Waals surface area contributed by atoms with E-state index in [-0.39, 0.29) is 16.1 Å². The summed E-state index contributed by atoms with van der Waals surface area (Å²) in [6, 6.07) is 8.61. The van der Waals surface area contributed by atoms with Gasteiger partial charge >= 0.3 is 21.5 Å². The molecule has 0 atom stereocenters. The van der Waals surface area contributed by atoms with Crippen molar-refractivity contribution in [2.24, 2.45) is 0 Å². The zero-order valence-electron chi connectivity index (χ0n) is 16.3. The first-order valence-corrected chi connectivity index (χ1v) is 10.3. The van der Waals surface area contributed by atoms with Gasteiger partial charge in [0.1, 0.15) is 0 Å². The molecule has 0 radical (unpaired) electrons. The van der Waals surface area contributed by atoms with Crippen molar-refractivity contribution < 1.29 is 17.0 Å². The Labute approximate surface area is 170 Å². The van der Waals surface area contributed by atoms with Gasteiger partial charge in [-0.15, -0.1) is 17.9 Å². The maximum absolute atomic E-state index is 13.0. The average Bonchev–Trinajstić information content (AvgIpc) is 3.08. The van der Waals surface area contributed by atoms with Crippen LogP contribution >= 0.6 is 0 Å². The Bertz CT molecular complexity index is 1470. The minimum Gasteiger partial charge on any atom is -0.348 e. The molecule has 11 heteroatoms. The largest absolute Gasteiger partial charge is 0.540 e. The van der Waals surface area contributed by atoms with Crippen LogP contribution < -0.4 is 30.4 Å². The van der Waals surface area contributed by atoms with Crippen molar-refractivity contribution >= 4 is 22.6 Å². The lowest BCUT2D eigenvalue weighted by molar-refractivity contribution is 0.202. The van der Waals surface area contributed by atoms with Crippen LogP contribution in [-0.2, 0) is 15.8 Å². The number of fused-ring (bicyclic) bond motifs is 4. The van der Waals surface area contributed by atoms with Crippen LogP contribution in [0.3, 0.4) is 0 Å². The summed E-state index contributed by atoms with van der Waals surface area (Å²) in [7, 11) is -4.70. The Morgan fingerprint density at radius 1 is 0.967 bits per heavy atom. The highest BCUT2D eigenvalue weighted by atomic mass is 32.3. The van der Waals surface area contributed by atoms with Gasteiger partial charge in [0.25, 0.3) is 0 Å². The van der Waals surface area contributed by atoms with Crippen LogP contribution in [0.25, 0.3) is 12.2 Å². The van der Waals surface area contributed by atoms with Gasteiger partial charge in [0.15, 0.2) is 10.7 Å². The van der Waals surface area contributed by atoms with E-state index in [9.17, 15) is 18.0 Å². The van der Waals surface area contributed by atoms with E-state index in [1.807, 2.05) is 20.8 Å². The van der Waals surface area contributed by atoms with Crippen LogP contribution in [0.2, 0.25) is 0 Å². The first kappa shape index (κ1) is 19.7. The summed E-state index contributed by atoms with van der Waals surface area (Å²) < 4.78 is 34.5. The molecule has 1 N–H and O–H groups in total. The molecular formula is C19H18N4O6S. The second-order valence-electron chi connectivity index (χ2n) is 7.64. The topological polar surface area (TPSA) is 125 Å². The first-order valence-electron chi connectivity index (χ1n) is 8.92. The van der Waals surface area contributed by atoms with Gasteiger partial charge in [0, 0.05) is 11.1 Å². The summed E-state index contributed by atoms with van der Waals surface area (Å²) in [6.45, 7) is 5.80. The van der Waals surface area contributed by atoms with Crippen LogP contribution in [0.1, 0.15) is 37.7 Å². The fourth-order valence-corrected chi connectivity index (χ4v) is 3.73. The first-order chi connectivity index (χ1) is 14.1. The summed E-state index contributed by atoms with van der Waals surface area (Å²) in [6.07, 6.45) is 4.07. The van der Waals surface area contributed by atoms with Crippen molar-refractivity contribution in [3.05, 3.63) is 85.0 Å². The Morgan fingerprint density at radius 3 is 2.10 bits per heavy atom. The molecule has 2 aliphatic heterocycles. The van der Waals surface area contributed by atoms with Crippen molar-refractivity contribution in [2.75, 3.05) is 0 Å². The Balaban J connectivity index is 2.09. The van der Waals surface area contributed by atoms with E-state index in [4.69, 9.17) is 8.57 Å². The number of nitrogens with zero attached hydrogens (tertiary/aromatic N) is 3. The molecule has 4 heterocycles. The van der Waals surface area contributed by atoms with Crippen molar-refractivity contribution in [3.63, 3.8) is 0 Å². The maximum atomic E-state index is 13.0. The standard InChI is InChI=1S/C19H18N4O6S/c1-19(2,3)16-13(20-11-21-16)10-15-18(25)22-14(9-12-7-5-4-6-8-12)17(24)23(15)29-30(26,27)28-22/h4-11H,1-3H3,(H,20,21)/b14-9-,15-10-. The highest BCUT2D eigenvalue weighted by Gasteiger charge is 2.29. The average molecular weight is 430 g/mol. The minimum absolute atomic E-state index is 0.303. The van der Waals surface area contributed by atoms with Gasteiger partial charge < -0.3 is 4.98 Å². The summed E-state index contributed by atoms with van der Waals surface area (Å²) in [5.41, 5.74) is -0.495. The molecule has 2 bridgehead atoms. The van der Waals surface area contributed by atoms with Crippen molar-refractivity contribution in [3.8, 4) is 0 Å². The number of nitrogens with one attached hydrogen (secondary N) is 1. The molecule has 0 spiro atoms. The summed E-state index contributed by atoms with van der Waals surface area (Å²) in [5, 5.41) is -0.647. The number of hydrogen-bond donors (Lipinski definition) is 1. The van der Waals surface area contributed by atoms with E-state index in [0.29, 0.717) is 26.4 Å². The second-order valence-corrected chi connectivity index (χ2v) is 8.75. The Morgan fingerprint density at radius 2 is 1.53 bits per heavy atom. The molecule has 2 aromatic heterocycles. The quantitative estimate of drug-likeness (QED) is 0.542. The zero-order chi connectivity index (χ0) is 21.7. The van der Waals surface area contributed by atoms with E-state index in [1.54, 1.807) is 30.3 Å². The van der Waals surface area contributed by atoms with Gasteiger partial charge in [-0.3, -0.25) is 18.2 Å². The van der Waals surface area contributed by atoms with Crippen LogP contribution in [0, 0.1) is 0 Å². The fraction of sp³-hybridized carbons (Fsp3) is 0.211. The highest BCUT2D eigenvalue weighted by Crippen LogP contribution is 2.22. The molecule has 0 saturated heterocycles. The molecule has 1 aromatic carbocycles. The van der Waals surface area contributed by atoms with E-state index in [0.717, 1.165) is 0 Å². The number of aromatic amines is 1. The van der Waals surface area contributed by atoms with Gasteiger partial charge in [-0.25, -0.2) is 4.98 Å². The highest BCUT2D eigenvalue weighted by molar-refractivity contribution is 7.82. The third-order valence-electron chi connectivity index (χ3n) is 4.37. The molecule has 156 valence electrons. The van der Waals surface area contributed by atoms with Crippen molar-refractivity contribution in [1.29, 1.82) is 0 Å². The lowest BCUT2D eigenvalue weighted by Crippen LogP contribution is -2.58. The summed E-state index contributed by atoms with van der Waals surface area (Å²) in [4.78, 5) is 33.2. The SMILES string of the molecule is CC(C)(C)c1[nH]cnc1/C=c1/c(=O)n2/c(=C\c3ccccc3)c(=O)n1OS(=O)(=O)O2. The summed E-state index contributed by atoms with van der Waals surface area (Å²) in [5.74, 6) is 0. The summed E-state index contributed by atoms with van der Waals surface area (Å²) >= 11 is 0. The third kappa shape index (κ3) is 3.43. The van der Waals surface area contributed by atoms with Crippen molar-refractivity contribution in [1.82, 2.24) is 19.4 Å². The third-order valence-corrected chi connectivity index (χ3v) is 5.03. The minimum atomic E-state index is -4.70. The van der Waals surface area contributed by atoms with E-state index in [2.05, 4.69) is 9.97 Å². The number of hydrogen-bond acceptors (Lipinski definition) is 7. The second kappa shape index (κ2) is 6.73. The molecular weight excluding hydrogens is 412 g/mol. The van der Waals surface area contributed by atoms with E-state index in [1.165, 1.54) is 18.5 Å². The van der Waals surface area contributed by atoms with E-state index < -0.39 is 21.5 Å². The molecule has 0 fully saturated rings. The van der Waals surface area contributed by atoms with Crippen LogP contribution in [0.15, 0.2) is 46.2 Å². The molecule has 30 heavy (non-hydrogen) atoms. The number of imidazole rings is 1. The van der Waals surface area contributed by atoms with Crippen LogP contribution in [0.4, 0.5) is 0 Å². The van der Waals surface area contributed by atoms with Crippen LogP contribution in [0.5, 0.6) is 0 Å². The van der Waals surface area contributed by atoms with Gasteiger partial charge in [0.2, 0.25) is 0 Å². The number of aromatic nitrogens is 4. The van der Waals surface area contributed by atoms with E-state index >= 15 is 0 Å². The monoisotopic (exact) mass is 430 g/mol. The number of H-pyrrole nitrogens is 1. The molecule has 0 aliphatic carbocycles. The molecule has 2 aliphatic rings. The molecule has 0 saturated carbocycles. The predicted octanol–water partition coefficient (Wildman–Crippen LogP) is -1.20. The molecule has 10 nitrogen and oxygen atoms in total. The molecule has 0 amide bonds. The Hall–Kier alpha value is -3.60. The predicted molar refractivity (Wildman–Crippen MR) is 107 cm³/mol. The molecule has 0 unspecified atom stereocenters. The van der Waals surface area contributed by atoms with Gasteiger partial charge in [-0.1, -0.05) is 51.1 Å². The smallest absolute Gasteiger partial charge is 0.348 e. The van der Waals surface area contributed by atoms with Crippen LogP contribution in [-0.4, -0.2) is 27.8 Å². The van der Waals surface area contributed by atoms with Gasteiger partial charge in [-0.2, -0.15) is 0 Å². The number of rotatable bonds is 2. The lowest BCUT2D eigenvalue weighted by Gasteiger charge is -2.17. The lowest BCUT2D eigenvalue weighted by atomic mass is 9.90. The molecule has 5 rings (SSSR count). The number of benzene rings is 1. The molecule has 3 aromatic rings. The zero-order valence-corrected chi connectivity index (χ0v) is 17.1. The normalized spacial score (nSPS) is 16.2.